The van der Waals surface area contributed by atoms with Crippen molar-refractivity contribution in [1.29, 1.82) is 4.78 Å². The standard InChI is InChI=1S/C9H21NOS/c1-5-9(4)7-12(10,11)6-8(2)3/h8-10H,5-7H2,1-4H3/t9-,12+/m1/s1. The zero-order chi connectivity index (χ0) is 9.78. The normalized spacial score (nSPS) is 19.1. The van der Waals surface area contributed by atoms with Crippen LogP contribution in [0.2, 0.25) is 0 Å². The van der Waals surface area contributed by atoms with E-state index in [1.165, 1.54) is 0 Å². The van der Waals surface area contributed by atoms with E-state index >= 15 is 0 Å². The zero-order valence-corrected chi connectivity index (χ0v) is 9.41. The van der Waals surface area contributed by atoms with Gasteiger partial charge in [-0.05, 0) is 11.8 Å². The molecule has 0 unspecified atom stereocenters. The van der Waals surface area contributed by atoms with Crippen molar-refractivity contribution in [3.05, 3.63) is 0 Å². The summed E-state index contributed by atoms with van der Waals surface area (Å²) in [5.74, 6) is 1.92. The minimum atomic E-state index is -2.29. The van der Waals surface area contributed by atoms with Gasteiger partial charge in [0.2, 0.25) is 0 Å². The van der Waals surface area contributed by atoms with Crippen molar-refractivity contribution in [2.45, 2.75) is 34.1 Å². The van der Waals surface area contributed by atoms with E-state index in [0.717, 1.165) is 6.42 Å². The molecule has 0 spiro atoms. The molecule has 0 rings (SSSR count). The van der Waals surface area contributed by atoms with E-state index in [0.29, 0.717) is 23.3 Å². The number of nitrogens with one attached hydrogen (secondary N) is 1. The zero-order valence-electron chi connectivity index (χ0n) is 8.59. The molecule has 0 aromatic rings. The predicted octanol–water partition coefficient (Wildman–Crippen LogP) is 2.74. The Morgan fingerprint density at radius 2 is 1.75 bits per heavy atom. The third kappa shape index (κ3) is 5.58. The topological polar surface area (TPSA) is 40.9 Å². The summed E-state index contributed by atoms with van der Waals surface area (Å²) >= 11 is 0. The van der Waals surface area contributed by atoms with Crippen molar-refractivity contribution >= 4 is 9.73 Å². The van der Waals surface area contributed by atoms with Gasteiger partial charge in [0.25, 0.3) is 0 Å². The Morgan fingerprint density at radius 1 is 1.25 bits per heavy atom. The summed E-state index contributed by atoms with van der Waals surface area (Å²) in [6.45, 7) is 8.18. The number of hydrogen-bond acceptors (Lipinski definition) is 2. The molecule has 0 bridgehead atoms. The highest BCUT2D eigenvalue weighted by Gasteiger charge is 2.12. The van der Waals surface area contributed by atoms with Gasteiger partial charge >= 0.3 is 0 Å². The molecule has 0 fully saturated rings. The molecule has 0 aromatic heterocycles. The first-order valence-electron chi connectivity index (χ1n) is 4.61. The molecule has 0 radical (unpaired) electrons. The van der Waals surface area contributed by atoms with E-state index in [-0.39, 0.29) is 0 Å². The average molecular weight is 191 g/mol. The molecule has 0 saturated carbocycles. The fourth-order valence-corrected chi connectivity index (χ4v) is 3.55. The van der Waals surface area contributed by atoms with Gasteiger partial charge in [0.05, 0.1) is 0 Å². The molecule has 0 heterocycles. The van der Waals surface area contributed by atoms with Gasteiger partial charge in [0, 0.05) is 21.2 Å². The van der Waals surface area contributed by atoms with Crippen LogP contribution in [-0.4, -0.2) is 15.7 Å². The molecule has 3 heteroatoms. The van der Waals surface area contributed by atoms with E-state index in [4.69, 9.17) is 4.78 Å². The molecular weight excluding hydrogens is 170 g/mol. The third-order valence-electron chi connectivity index (χ3n) is 1.85. The molecule has 0 aromatic carbocycles. The lowest BCUT2D eigenvalue weighted by molar-refractivity contribution is 0.602. The molecule has 0 aliphatic rings. The van der Waals surface area contributed by atoms with Gasteiger partial charge in [-0.3, -0.25) is 4.78 Å². The quantitative estimate of drug-likeness (QED) is 0.713. The fourth-order valence-electron chi connectivity index (χ4n) is 1.18. The summed E-state index contributed by atoms with van der Waals surface area (Å²) in [6, 6.07) is 0. The van der Waals surface area contributed by atoms with Gasteiger partial charge in [0.1, 0.15) is 0 Å². The van der Waals surface area contributed by atoms with Crippen molar-refractivity contribution in [3.63, 3.8) is 0 Å². The number of hydrogen-bond donors (Lipinski definition) is 1. The van der Waals surface area contributed by atoms with Crippen LogP contribution in [0.15, 0.2) is 0 Å². The Bertz CT molecular complexity index is 207. The summed E-state index contributed by atoms with van der Waals surface area (Å²) in [6.07, 6.45) is 1.02. The minimum absolute atomic E-state index is 0.374. The minimum Gasteiger partial charge on any atom is -0.253 e. The van der Waals surface area contributed by atoms with Crippen molar-refractivity contribution in [2.75, 3.05) is 11.5 Å². The first-order valence-corrected chi connectivity index (χ1v) is 6.51. The van der Waals surface area contributed by atoms with Crippen LogP contribution in [0.3, 0.4) is 0 Å². The molecule has 12 heavy (non-hydrogen) atoms. The van der Waals surface area contributed by atoms with E-state index in [9.17, 15) is 4.21 Å². The van der Waals surface area contributed by atoms with Crippen molar-refractivity contribution in [2.24, 2.45) is 11.8 Å². The number of rotatable bonds is 5. The molecule has 2 atom stereocenters. The van der Waals surface area contributed by atoms with Gasteiger partial charge in [-0.25, -0.2) is 4.21 Å². The summed E-state index contributed by atoms with van der Waals surface area (Å²) in [5.41, 5.74) is 0. The molecule has 0 aliphatic carbocycles. The molecule has 0 aliphatic heterocycles. The van der Waals surface area contributed by atoms with E-state index in [2.05, 4.69) is 13.8 Å². The highest BCUT2D eigenvalue weighted by molar-refractivity contribution is 7.92. The summed E-state index contributed by atoms with van der Waals surface area (Å²) in [7, 11) is -2.29. The average Bonchev–Trinajstić information content (AvgIpc) is 1.83. The van der Waals surface area contributed by atoms with Gasteiger partial charge in [-0.15, -0.1) is 0 Å². The van der Waals surface area contributed by atoms with Crippen LogP contribution >= 0.6 is 0 Å². The van der Waals surface area contributed by atoms with Crippen molar-refractivity contribution in [1.82, 2.24) is 0 Å². The second-order valence-electron chi connectivity index (χ2n) is 4.05. The summed E-state index contributed by atoms with van der Waals surface area (Å²) < 4.78 is 19.3. The largest absolute Gasteiger partial charge is 0.253 e. The summed E-state index contributed by atoms with van der Waals surface area (Å²) in [5, 5.41) is 0. The van der Waals surface area contributed by atoms with Gasteiger partial charge in [0.15, 0.2) is 0 Å². The van der Waals surface area contributed by atoms with Crippen molar-refractivity contribution in [3.8, 4) is 0 Å². The second kappa shape index (κ2) is 4.85. The van der Waals surface area contributed by atoms with Crippen LogP contribution in [-0.2, 0) is 9.73 Å². The maximum absolute atomic E-state index is 11.6. The first kappa shape index (κ1) is 11.9. The summed E-state index contributed by atoms with van der Waals surface area (Å²) in [4.78, 5) is 0. The van der Waals surface area contributed by atoms with Crippen LogP contribution < -0.4 is 0 Å². The highest BCUT2D eigenvalue weighted by Crippen LogP contribution is 2.09. The van der Waals surface area contributed by atoms with Crippen LogP contribution in [0.1, 0.15) is 34.1 Å². The predicted molar refractivity (Wildman–Crippen MR) is 54.9 cm³/mol. The molecule has 0 amide bonds. The van der Waals surface area contributed by atoms with Crippen LogP contribution in [0.4, 0.5) is 0 Å². The molecule has 74 valence electrons. The van der Waals surface area contributed by atoms with Crippen LogP contribution in [0.25, 0.3) is 0 Å². The van der Waals surface area contributed by atoms with Crippen LogP contribution in [0, 0.1) is 16.6 Å². The van der Waals surface area contributed by atoms with E-state index in [1.54, 1.807) is 0 Å². The molecule has 0 saturated heterocycles. The SMILES string of the molecule is CC[C@@H](C)C[S@@](=N)(=O)CC(C)C. The van der Waals surface area contributed by atoms with Gasteiger partial charge < -0.3 is 0 Å². The second-order valence-corrected chi connectivity index (χ2v) is 6.34. The lowest BCUT2D eigenvalue weighted by Gasteiger charge is -2.13. The molecular formula is C9H21NOS. The monoisotopic (exact) mass is 191 g/mol. The van der Waals surface area contributed by atoms with E-state index < -0.39 is 9.73 Å². The molecule has 2 nitrogen and oxygen atoms in total. The lowest BCUT2D eigenvalue weighted by Crippen LogP contribution is -2.18. The first-order chi connectivity index (χ1) is 5.37. The fraction of sp³-hybridized carbons (Fsp3) is 1.00. The van der Waals surface area contributed by atoms with Gasteiger partial charge in [-0.2, -0.15) is 0 Å². The van der Waals surface area contributed by atoms with Crippen molar-refractivity contribution < 1.29 is 4.21 Å². The Morgan fingerprint density at radius 3 is 2.08 bits per heavy atom. The smallest absolute Gasteiger partial charge is 0.0446 e. The third-order valence-corrected chi connectivity index (χ3v) is 4.17. The van der Waals surface area contributed by atoms with Gasteiger partial charge in [-0.1, -0.05) is 34.1 Å². The van der Waals surface area contributed by atoms with E-state index in [1.807, 2.05) is 13.8 Å². The van der Waals surface area contributed by atoms with Crippen LogP contribution in [0.5, 0.6) is 0 Å². The highest BCUT2D eigenvalue weighted by atomic mass is 32.2. The molecule has 1 N–H and O–H groups in total. The Labute approximate surface area is 76.7 Å². The maximum atomic E-state index is 11.6. The lowest BCUT2D eigenvalue weighted by atomic mass is 10.2. The Balaban J connectivity index is 4.05. The Kier molecular flexibility index (Phi) is 4.83. The maximum Gasteiger partial charge on any atom is 0.0446 e. The Hall–Kier alpha value is -0.0500.